The number of hydrogen-bond acceptors (Lipinski definition) is 5. The number of fused-ring (bicyclic) bond motifs is 1. The molecule has 0 aliphatic carbocycles. The lowest BCUT2D eigenvalue weighted by Gasteiger charge is -2.38. The molecular formula is C16H25ClN2O4. The molecule has 0 spiro atoms. The molecule has 1 aliphatic rings. The molecule has 1 amide bonds. The smallest absolute Gasteiger partial charge is 0.246 e. The van der Waals surface area contributed by atoms with Crippen molar-refractivity contribution in [3.63, 3.8) is 0 Å². The Morgan fingerprint density at radius 2 is 2.17 bits per heavy atom. The quantitative estimate of drug-likeness (QED) is 0.609. The summed E-state index contributed by atoms with van der Waals surface area (Å²) in [5.74, 6) is 0.600. The lowest BCUT2D eigenvalue weighted by Crippen LogP contribution is -2.42. The van der Waals surface area contributed by atoms with Gasteiger partial charge < -0.3 is 25.3 Å². The summed E-state index contributed by atoms with van der Waals surface area (Å²) in [5.41, 5.74) is 7.06. The maximum absolute atomic E-state index is 12.0. The Morgan fingerprint density at radius 1 is 1.43 bits per heavy atom. The lowest BCUT2D eigenvalue weighted by molar-refractivity contribution is -0.127. The summed E-state index contributed by atoms with van der Waals surface area (Å²) in [6, 6.07) is 5.36. The summed E-state index contributed by atoms with van der Waals surface area (Å²) in [6.45, 7) is 4.88. The van der Waals surface area contributed by atoms with E-state index in [0.29, 0.717) is 25.3 Å². The van der Waals surface area contributed by atoms with Crippen molar-refractivity contribution < 1.29 is 19.0 Å². The maximum Gasteiger partial charge on any atom is 0.246 e. The molecule has 1 unspecified atom stereocenters. The number of ether oxygens (including phenoxy) is 3. The summed E-state index contributed by atoms with van der Waals surface area (Å²) >= 11 is 0. The normalized spacial score (nSPS) is 18.3. The van der Waals surface area contributed by atoms with Crippen LogP contribution < -0.4 is 15.8 Å². The van der Waals surface area contributed by atoms with Crippen molar-refractivity contribution in [1.29, 1.82) is 0 Å². The molecule has 0 radical (unpaired) electrons. The maximum atomic E-state index is 12.0. The molecule has 1 aromatic rings. The zero-order chi connectivity index (χ0) is 16.2. The van der Waals surface area contributed by atoms with E-state index in [0.717, 1.165) is 11.3 Å². The average Bonchev–Trinajstić information content (AvgIpc) is 2.43. The zero-order valence-corrected chi connectivity index (χ0v) is 14.6. The van der Waals surface area contributed by atoms with Crippen LogP contribution in [0.5, 0.6) is 5.75 Å². The number of anilines is 1. The van der Waals surface area contributed by atoms with Gasteiger partial charge in [0.25, 0.3) is 0 Å². The van der Waals surface area contributed by atoms with E-state index in [4.69, 9.17) is 19.9 Å². The number of amides is 1. The molecule has 0 fully saturated rings. The van der Waals surface area contributed by atoms with Crippen LogP contribution in [0.4, 0.5) is 5.69 Å². The Kier molecular flexibility index (Phi) is 7.12. The lowest BCUT2D eigenvalue weighted by atomic mass is 9.89. The molecule has 2 rings (SSSR count). The van der Waals surface area contributed by atoms with Gasteiger partial charge in [-0.05, 0) is 32.0 Å². The Labute approximate surface area is 143 Å². The van der Waals surface area contributed by atoms with Gasteiger partial charge in [0.05, 0.1) is 19.3 Å². The number of benzene rings is 1. The molecule has 23 heavy (non-hydrogen) atoms. The average molecular weight is 345 g/mol. The summed E-state index contributed by atoms with van der Waals surface area (Å²) in [4.78, 5) is 12.0. The highest BCUT2D eigenvalue weighted by Crippen LogP contribution is 2.40. The van der Waals surface area contributed by atoms with Gasteiger partial charge in [-0.3, -0.25) is 4.79 Å². The standard InChI is InChI=1S/C16H24N2O4.ClH/c1-16(2)9-13(18-15(19)10-21-7-6-20-3)12-8-11(17)4-5-14(12)22-16;/h4-5,8,13H,6-7,9-10,17H2,1-3H3,(H,18,19);1H. The third-order valence-electron chi connectivity index (χ3n) is 3.49. The van der Waals surface area contributed by atoms with Crippen LogP contribution in [0.15, 0.2) is 18.2 Å². The van der Waals surface area contributed by atoms with E-state index >= 15 is 0 Å². The highest BCUT2D eigenvalue weighted by Gasteiger charge is 2.34. The van der Waals surface area contributed by atoms with Crippen molar-refractivity contribution >= 4 is 24.0 Å². The molecule has 7 heteroatoms. The summed E-state index contributed by atoms with van der Waals surface area (Å²) in [5, 5.41) is 2.99. The highest BCUT2D eigenvalue weighted by molar-refractivity contribution is 5.85. The van der Waals surface area contributed by atoms with Crippen molar-refractivity contribution in [3.8, 4) is 5.75 Å². The number of nitrogen functional groups attached to an aromatic ring is 1. The fourth-order valence-electron chi connectivity index (χ4n) is 2.54. The molecule has 0 saturated heterocycles. The SMILES string of the molecule is COCCOCC(=O)NC1CC(C)(C)Oc2ccc(N)cc21.Cl. The van der Waals surface area contributed by atoms with Crippen LogP contribution in [0.1, 0.15) is 31.9 Å². The second-order valence-electron chi connectivity index (χ2n) is 6.03. The van der Waals surface area contributed by atoms with Gasteiger partial charge >= 0.3 is 0 Å². The molecule has 0 saturated carbocycles. The Balaban J connectivity index is 0.00000264. The van der Waals surface area contributed by atoms with Gasteiger partial charge in [-0.25, -0.2) is 0 Å². The molecule has 1 heterocycles. The third-order valence-corrected chi connectivity index (χ3v) is 3.49. The zero-order valence-electron chi connectivity index (χ0n) is 13.8. The molecule has 0 bridgehead atoms. The molecule has 1 aliphatic heterocycles. The largest absolute Gasteiger partial charge is 0.487 e. The topological polar surface area (TPSA) is 82.8 Å². The number of hydrogen-bond donors (Lipinski definition) is 2. The van der Waals surface area contributed by atoms with Crippen LogP contribution in [0.25, 0.3) is 0 Å². The second-order valence-corrected chi connectivity index (χ2v) is 6.03. The van der Waals surface area contributed by atoms with E-state index in [-0.39, 0.29) is 36.6 Å². The monoisotopic (exact) mass is 344 g/mol. The van der Waals surface area contributed by atoms with Crippen molar-refractivity contribution in [1.82, 2.24) is 5.32 Å². The number of rotatable bonds is 6. The molecule has 3 N–H and O–H groups in total. The number of carbonyl (C=O) groups excluding carboxylic acids is 1. The number of nitrogens with one attached hydrogen (secondary N) is 1. The fraction of sp³-hybridized carbons (Fsp3) is 0.562. The number of carbonyl (C=O) groups is 1. The Morgan fingerprint density at radius 3 is 2.87 bits per heavy atom. The number of halogens is 1. The van der Waals surface area contributed by atoms with E-state index in [2.05, 4.69) is 5.32 Å². The molecule has 1 atom stereocenters. The highest BCUT2D eigenvalue weighted by atomic mass is 35.5. The number of methoxy groups -OCH3 is 1. The minimum Gasteiger partial charge on any atom is -0.487 e. The minimum atomic E-state index is -0.349. The molecular weight excluding hydrogens is 320 g/mol. The second kappa shape index (κ2) is 8.38. The van der Waals surface area contributed by atoms with E-state index < -0.39 is 0 Å². The summed E-state index contributed by atoms with van der Waals surface area (Å²) in [7, 11) is 1.59. The predicted molar refractivity (Wildman–Crippen MR) is 91.0 cm³/mol. The van der Waals surface area contributed by atoms with Gasteiger partial charge in [0.1, 0.15) is 18.0 Å². The molecule has 0 aromatic heterocycles. The predicted octanol–water partition coefficient (Wildman–Crippen LogP) is 2.07. The van der Waals surface area contributed by atoms with Crippen LogP contribution in [0, 0.1) is 0 Å². The van der Waals surface area contributed by atoms with Crippen molar-refractivity contribution in [3.05, 3.63) is 23.8 Å². The van der Waals surface area contributed by atoms with Crippen molar-refractivity contribution in [2.24, 2.45) is 0 Å². The summed E-state index contributed by atoms with van der Waals surface area (Å²) < 4.78 is 16.1. The van der Waals surface area contributed by atoms with Crippen LogP contribution in [0.3, 0.4) is 0 Å². The third kappa shape index (κ3) is 5.57. The van der Waals surface area contributed by atoms with Crippen molar-refractivity contribution in [2.75, 3.05) is 32.7 Å². The molecule has 130 valence electrons. The van der Waals surface area contributed by atoms with E-state index in [1.165, 1.54) is 0 Å². The first-order chi connectivity index (χ1) is 10.4. The van der Waals surface area contributed by atoms with Gasteiger partial charge in [0.15, 0.2) is 0 Å². The fourth-order valence-corrected chi connectivity index (χ4v) is 2.54. The van der Waals surface area contributed by atoms with Crippen LogP contribution in [-0.4, -0.2) is 38.4 Å². The Bertz CT molecular complexity index is 537. The van der Waals surface area contributed by atoms with Crippen molar-refractivity contribution in [2.45, 2.75) is 31.9 Å². The molecule has 1 aromatic carbocycles. The van der Waals surface area contributed by atoms with Gasteiger partial charge in [-0.15, -0.1) is 12.4 Å². The summed E-state index contributed by atoms with van der Waals surface area (Å²) in [6.07, 6.45) is 0.674. The van der Waals surface area contributed by atoms with Gasteiger partial charge in [-0.1, -0.05) is 0 Å². The Hall–Kier alpha value is -1.50. The van der Waals surface area contributed by atoms with E-state index in [1.807, 2.05) is 26.0 Å². The first-order valence-corrected chi connectivity index (χ1v) is 7.36. The first-order valence-electron chi connectivity index (χ1n) is 7.36. The first kappa shape index (κ1) is 19.5. The minimum absolute atomic E-state index is 0. The van der Waals surface area contributed by atoms with E-state index in [1.54, 1.807) is 13.2 Å². The van der Waals surface area contributed by atoms with E-state index in [9.17, 15) is 4.79 Å². The van der Waals surface area contributed by atoms with Crippen LogP contribution >= 0.6 is 12.4 Å². The molecule has 6 nitrogen and oxygen atoms in total. The van der Waals surface area contributed by atoms with Crippen LogP contribution in [-0.2, 0) is 14.3 Å². The van der Waals surface area contributed by atoms with Gasteiger partial charge in [-0.2, -0.15) is 0 Å². The number of nitrogens with two attached hydrogens (primary N) is 1. The van der Waals surface area contributed by atoms with Crippen LogP contribution in [0.2, 0.25) is 0 Å². The van der Waals surface area contributed by atoms with Gasteiger partial charge in [0.2, 0.25) is 5.91 Å². The van der Waals surface area contributed by atoms with Gasteiger partial charge in [0, 0.05) is 24.8 Å².